The van der Waals surface area contributed by atoms with Crippen molar-refractivity contribution in [2.24, 2.45) is 0 Å². The third kappa shape index (κ3) is 6.43. The van der Waals surface area contributed by atoms with E-state index < -0.39 is 10.0 Å². The fraction of sp³-hybridized carbons (Fsp3) is 0.263. The number of halogens is 1. The minimum Gasteiger partial charge on any atom is -0.342 e. The minimum absolute atomic E-state index is 0.0212. The Hall–Kier alpha value is -2.23. The summed E-state index contributed by atoms with van der Waals surface area (Å²) < 4.78 is 27.6. The van der Waals surface area contributed by atoms with Gasteiger partial charge in [-0.15, -0.1) is 0 Å². The lowest BCUT2D eigenvalue weighted by Crippen LogP contribution is -2.28. The van der Waals surface area contributed by atoms with E-state index in [2.05, 4.69) is 26.0 Å². The standard InChI is InChI=1S/C19H22BrN3O4S/c1-14(24)23(2)13-15-5-3-4-6-18(15)22-19(25)11-12-21-28(26,27)17-9-7-16(20)8-10-17/h3-10,21H,11-13H2,1-2H3,(H,22,25). The SMILES string of the molecule is CC(=O)N(C)Cc1ccccc1NC(=O)CCNS(=O)(=O)c1ccc(Br)cc1. The molecule has 0 aliphatic heterocycles. The zero-order valence-corrected chi connectivity index (χ0v) is 18.0. The highest BCUT2D eigenvalue weighted by atomic mass is 79.9. The molecule has 150 valence electrons. The molecule has 0 fully saturated rings. The second kappa shape index (κ2) is 9.81. The molecule has 2 aromatic carbocycles. The Morgan fingerprint density at radius 1 is 1.07 bits per heavy atom. The third-order valence-electron chi connectivity index (χ3n) is 4.00. The molecule has 0 aromatic heterocycles. The Morgan fingerprint density at radius 3 is 2.36 bits per heavy atom. The number of carbonyl (C=O) groups is 2. The van der Waals surface area contributed by atoms with Crippen LogP contribution in [0, 0.1) is 0 Å². The number of carbonyl (C=O) groups excluding carboxylic acids is 2. The van der Waals surface area contributed by atoms with Gasteiger partial charge in [0.05, 0.1) is 4.90 Å². The van der Waals surface area contributed by atoms with Gasteiger partial charge in [-0.2, -0.15) is 0 Å². The third-order valence-corrected chi connectivity index (χ3v) is 6.01. The predicted octanol–water partition coefficient (Wildman–Crippen LogP) is 2.73. The van der Waals surface area contributed by atoms with Gasteiger partial charge in [0.15, 0.2) is 0 Å². The van der Waals surface area contributed by atoms with Crippen LogP contribution in [-0.2, 0) is 26.2 Å². The quantitative estimate of drug-likeness (QED) is 0.623. The zero-order valence-electron chi connectivity index (χ0n) is 15.6. The average Bonchev–Trinajstić information content (AvgIpc) is 2.63. The number of amides is 2. The molecular formula is C19H22BrN3O4S. The first kappa shape index (κ1) is 22.1. The van der Waals surface area contributed by atoms with Gasteiger partial charge in [0, 0.05) is 43.6 Å². The number of anilines is 1. The van der Waals surface area contributed by atoms with Gasteiger partial charge in [0.25, 0.3) is 0 Å². The van der Waals surface area contributed by atoms with Gasteiger partial charge in [-0.1, -0.05) is 34.1 Å². The van der Waals surface area contributed by atoms with Crippen molar-refractivity contribution in [2.75, 3.05) is 18.9 Å². The number of benzene rings is 2. The Labute approximate surface area is 173 Å². The summed E-state index contributed by atoms with van der Waals surface area (Å²) in [5, 5.41) is 2.77. The van der Waals surface area contributed by atoms with Crippen molar-refractivity contribution in [3.63, 3.8) is 0 Å². The highest BCUT2D eigenvalue weighted by Gasteiger charge is 2.15. The topological polar surface area (TPSA) is 95.6 Å². The van der Waals surface area contributed by atoms with Crippen LogP contribution in [0.1, 0.15) is 18.9 Å². The average molecular weight is 468 g/mol. The van der Waals surface area contributed by atoms with Gasteiger partial charge >= 0.3 is 0 Å². The number of hydrogen-bond donors (Lipinski definition) is 2. The summed E-state index contributed by atoms with van der Waals surface area (Å²) >= 11 is 3.25. The lowest BCUT2D eigenvalue weighted by atomic mass is 10.1. The number of nitrogens with zero attached hydrogens (tertiary/aromatic N) is 1. The van der Waals surface area contributed by atoms with Crippen molar-refractivity contribution in [1.29, 1.82) is 0 Å². The first-order chi connectivity index (χ1) is 13.2. The molecule has 2 aromatic rings. The lowest BCUT2D eigenvalue weighted by Gasteiger charge is -2.18. The van der Waals surface area contributed by atoms with Gasteiger partial charge in [0.2, 0.25) is 21.8 Å². The van der Waals surface area contributed by atoms with E-state index in [0.29, 0.717) is 12.2 Å². The normalized spacial score (nSPS) is 11.1. The maximum Gasteiger partial charge on any atom is 0.240 e. The molecule has 9 heteroatoms. The van der Waals surface area contributed by atoms with Crippen molar-refractivity contribution in [3.8, 4) is 0 Å². The first-order valence-corrected chi connectivity index (χ1v) is 10.8. The number of rotatable bonds is 8. The summed E-state index contributed by atoms with van der Waals surface area (Å²) in [6.07, 6.45) is -0.0212. The Balaban J connectivity index is 1.93. The Kier molecular flexibility index (Phi) is 7.73. The van der Waals surface area contributed by atoms with E-state index in [1.807, 2.05) is 12.1 Å². The molecule has 7 nitrogen and oxygen atoms in total. The van der Waals surface area contributed by atoms with Gasteiger partial charge in [0.1, 0.15) is 0 Å². The van der Waals surface area contributed by atoms with Gasteiger partial charge in [-0.25, -0.2) is 13.1 Å². The summed E-state index contributed by atoms with van der Waals surface area (Å²) in [5.74, 6) is -0.403. The molecule has 2 N–H and O–H groups in total. The summed E-state index contributed by atoms with van der Waals surface area (Å²) in [7, 11) is -2.00. The molecule has 0 aliphatic rings. The molecular weight excluding hydrogens is 446 g/mol. The van der Waals surface area contributed by atoms with E-state index >= 15 is 0 Å². The molecule has 2 amide bonds. The fourth-order valence-electron chi connectivity index (χ4n) is 2.36. The van der Waals surface area contributed by atoms with E-state index in [1.165, 1.54) is 24.0 Å². The maximum atomic E-state index is 12.2. The first-order valence-electron chi connectivity index (χ1n) is 8.54. The van der Waals surface area contributed by atoms with Crippen molar-refractivity contribution < 1.29 is 18.0 Å². The number of hydrogen-bond acceptors (Lipinski definition) is 4. The van der Waals surface area contributed by atoms with Crippen molar-refractivity contribution >= 4 is 43.5 Å². The van der Waals surface area contributed by atoms with E-state index in [4.69, 9.17) is 0 Å². The van der Waals surface area contributed by atoms with Gasteiger partial charge < -0.3 is 10.2 Å². The largest absolute Gasteiger partial charge is 0.342 e. The molecule has 0 atom stereocenters. The second-order valence-electron chi connectivity index (χ2n) is 6.18. The summed E-state index contributed by atoms with van der Waals surface area (Å²) in [6.45, 7) is 1.81. The van der Waals surface area contributed by atoms with Crippen LogP contribution in [0.5, 0.6) is 0 Å². The van der Waals surface area contributed by atoms with Crippen molar-refractivity contribution in [2.45, 2.75) is 24.8 Å². The van der Waals surface area contributed by atoms with Crippen LogP contribution >= 0.6 is 15.9 Å². The number of para-hydroxylation sites is 1. The Bertz CT molecular complexity index is 946. The maximum absolute atomic E-state index is 12.2. The smallest absolute Gasteiger partial charge is 0.240 e. The molecule has 0 bridgehead atoms. The lowest BCUT2D eigenvalue weighted by molar-refractivity contribution is -0.128. The molecule has 2 rings (SSSR count). The Morgan fingerprint density at radius 2 is 1.71 bits per heavy atom. The second-order valence-corrected chi connectivity index (χ2v) is 8.86. The summed E-state index contributed by atoms with van der Waals surface area (Å²) in [6, 6.07) is 13.4. The van der Waals surface area contributed by atoms with E-state index in [-0.39, 0.29) is 29.7 Å². The van der Waals surface area contributed by atoms with Crippen LogP contribution in [0.2, 0.25) is 0 Å². The van der Waals surface area contributed by atoms with Crippen LogP contribution in [-0.4, -0.2) is 38.7 Å². The van der Waals surface area contributed by atoms with Crippen LogP contribution < -0.4 is 10.0 Å². The molecule has 0 radical (unpaired) electrons. The predicted molar refractivity (Wildman–Crippen MR) is 111 cm³/mol. The van der Waals surface area contributed by atoms with Gasteiger partial charge in [-0.05, 0) is 35.9 Å². The molecule has 28 heavy (non-hydrogen) atoms. The van der Waals surface area contributed by atoms with E-state index in [1.54, 1.807) is 31.3 Å². The number of nitrogens with one attached hydrogen (secondary N) is 2. The molecule has 0 saturated heterocycles. The molecule has 0 spiro atoms. The fourth-order valence-corrected chi connectivity index (χ4v) is 3.65. The molecule has 0 saturated carbocycles. The summed E-state index contributed by atoms with van der Waals surface area (Å²) in [4.78, 5) is 25.3. The van der Waals surface area contributed by atoms with Gasteiger partial charge in [-0.3, -0.25) is 9.59 Å². The summed E-state index contributed by atoms with van der Waals surface area (Å²) in [5.41, 5.74) is 1.39. The zero-order chi connectivity index (χ0) is 20.7. The monoisotopic (exact) mass is 467 g/mol. The van der Waals surface area contributed by atoms with Crippen molar-refractivity contribution in [1.82, 2.24) is 9.62 Å². The molecule has 0 heterocycles. The van der Waals surface area contributed by atoms with E-state index in [9.17, 15) is 18.0 Å². The van der Waals surface area contributed by atoms with Crippen LogP contribution in [0.4, 0.5) is 5.69 Å². The van der Waals surface area contributed by atoms with E-state index in [0.717, 1.165) is 10.0 Å². The van der Waals surface area contributed by atoms with Crippen LogP contribution in [0.25, 0.3) is 0 Å². The highest BCUT2D eigenvalue weighted by Crippen LogP contribution is 2.17. The van der Waals surface area contributed by atoms with Crippen LogP contribution in [0.3, 0.4) is 0 Å². The van der Waals surface area contributed by atoms with Crippen LogP contribution in [0.15, 0.2) is 57.9 Å². The van der Waals surface area contributed by atoms with Crippen molar-refractivity contribution in [3.05, 3.63) is 58.6 Å². The molecule has 0 aliphatic carbocycles. The number of sulfonamides is 1. The highest BCUT2D eigenvalue weighted by molar-refractivity contribution is 9.10. The molecule has 0 unspecified atom stereocenters. The minimum atomic E-state index is -3.67.